The molecule has 0 saturated carbocycles. The van der Waals surface area contributed by atoms with Crippen molar-refractivity contribution in [3.05, 3.63) is 66.2 Å². The number of para-hydroxylation sites is 1. The van der Waals surface area contributed by atoms with Gasteiger partial charge in [-0.05, 0) is 31.2 Å². The highest BCUT2D eigenvalue weighted by Gasteiger charge is 2.19. The average Bonchev–Trinajstić information content (AvgIpc) is 3.14. The van der Waals surface area contributed by atoms with Crippen molar-refractivity contribution in [2.24, 2.45) is 0 Å². The Morgan fingerprint density at radius 3 is 2.48 bits per heavy atom. The number of carbonyl (C=O) groups is 1. The van der Waals surface area contributed by atoms with Crippen molar-refractivity contribution >= 4 is 11.9 Å². The van der Waals surface area contributed by atoms with Gasteiger partial charge in [-0.15, -0.1) is 0 Å². The van der Waals surface area contributed by atoms with Crippen LogP contribution in [0.3, 0.4) is 0 Å². The number of hydrogen-bond acceptors (Lipinski definition) is 6. The van der Waals surface area contributed by atoms with Gasteiger partial charge in [0, 0.05) is 44.3 Å². The second kappa shape index (κ2) is 8.83. The van der Waals surface area contributed by atoms with Gasteiger partial charge < -0.3 is 10.2 Å². The van der Waals surface area contributed by atoms with Gasteiger partial charge in [0.25, 0.3) is 0 Å². The SMILES string of the molecule is Cc1cc(CC(=O)NCN2CCN(c3ncccn3)CC2)nn1-c1ccccc1. The topological polar surface area (TPSA) is 79.2 Å². The van der Waals surface area contributed by atoms with E-state index in [1.165, 1.54) is 0 Å². The first-order chi connectivity index (χ1) is 14.2. The van der Waals surface area contributed by atoms with E-state index in [9.17, 15) is 4.79 Å². The van der Waals surface area contributed by atoms with Gasteiger partial charge >= 0.3 is 0 Å². The highest BCUT2D eigenvalue weighted by molar-refractivity contribution is 5.78. The van der Waals surface area contributed by atoms with Crippen LogP contribution in [0.4, 0.5) is 5.95 Å². The third kappa shape index (κ3) is 4.78. The highest BCUT2D eigenvalue weighted by atomic mass is 16.1. The van der Waals surface area contributed by atoms with Crippen molar-refractivity contribution in [3.63, 3.8) is 0 Å². The first-order valence-corrected chi connectivity index (χ1v) is 9.81. The Balaban J connectivity index is 1.25. The first kappa shape index (κ1) is 19.1. The van der Waals surface area contributed by atoms with E-state index in [-0.39, 0.29) is 12.3 Å². The number of amides is 1. The number of piperazine rings is 1. The molecular formula is C21H25N7O. The second-order valence-corrected chi connectivity index (χ2v) is 7.11. The van der Waals surface area contributed by atoms with Crippen LogP contribution in [0, 0.1) is 6.92 Å². The Kier molecular flexibility index (Phi) is 5.81. The van der Waals surface area contributed by atoms with Crippen LogP contribution >= 0.6 is 0 Å². The monoisotopic (exact) mass is 391 g/mol. The van der Waals surface area contributed by atoms with Crippen LogP contribution in [0.25, 0.3) is 5.69 Å². The van der Waals surface area contributed by atoms with Crippen LogP contribution in [-0.2, 0) is 11.2 Å². The molecule has 1 aliphatic rings. The van der Waals surface area contributed by atoms with Gasteiger partial charge in [0.05, 0.1) is 24.5 Å². The molecule has 0 aliphatic carbocycles. The van der Waals surface area contributed by atoms with Crippen LogP contribution in [0.1, 0.15) is 11.4 Å². The minimum Gasteiger partial charge on any atom is -0.343 e. The minimum absolute atomic E-state index is 0.0171. The van der Waals surface area contributed by atoms with Crippen LogP contribution in [0.2, 0.25) is 0 Å². The number of benzene rings is 1. The van der Waals surface area contributed by atoms with Crippen molar-refractivity contribution in [1.29, 1.82) is 0 Å². The lowest BCUT2D eigenvalue weighted by molar-refractivity contribution is -0.121. The molecule has 3 aromatic rings. The number of aryl methyl sites for hydroxylation is 1. The van der Waals surface area contributed by atoms with Gasteiger partial charge in [-0.2, -0.15) is 5.10 Å². The maximum atomic E-state index is 12.4. The molecule has 150 valence electrons. The predicted molar refractivity (Wildman–Crippen MR) is 111 cm³/mol. The smallest absolute Gasteiger partial charge is 0.227 e. The van der Waals surface area contributed by atoms with E-state index in [1.54, 1.807) is 12.4 Å². The van der Waals surface area contributed by atoms with E-state index in [0.29, 0.717) is 6.67 Å². The summed E-state index contributed by atoms with van der Waals surface area (Å²) in [6.07, 6.45) is 3.80. The zero-order chi connectivity index (χ0) is 20.1. The Hall–Kier alpha value is -3.26. The van der Waals surface area contributed by atoms with E-state index in [0.717, 1.165) is 49.2 Å². The Bertz CT molecular complexity index is 934. The number of anilines is 1. The van der Waals surface area contributed by atoms with E-state index < -0.39 is 0 Å². The summed E-state index contributed by atoms with van der Waals surface area (Å²) < 4.78 is 1.87. The van der Waals surface area contributed by atoms with Crippen molar-refractivity contribution in [2.75, 3.05) is 37.7 Å². The number of carbonyl (C=O) groups excluding carboxylic acids is 1. The molecule has 0 atom stereocenters. The zero-order valence-electron chi connectivity index (χ0n) is 16.5. The Morgan fingerprint density at radius 2 is 1.76 bits per heavy atom. The molecule has 1 fully saturated rings. The predicted octanol–water partition coefficient (Wildman–Crippen LogP) is 1.41. The van der Waals surface area contributed by atoms with E-state index in [2.05, 4.69) is 30.2 Å². The van der Waals surface area contributed by atoms with Gasteiger partial charge in [0.2, 0.25) is 11.9 Å². The summed E-state index contributed by atoms with van der Waals surface area (Å²) >= 11 is 0. The summed E-state index contributed by atoms with van der Waals surface area (Å²) in [4.78, 5) is 25.4. The van der Waals surface area contributed by atoms with Crippen molar-refractivity contribution in [2.45, 2.75) is 13.3 Å². The number of aromatic nitrogens is 4. The summed E-state index contributed by atoms with van der Waals surface area (Å²) in [5.74, 6) is 0.747. The lowest BCUT2D eigenvalue weighted by atomic mass is 10.2. The lowest BCUT2D eigenvalue weighted by Crippen LogP contribution is -2.50. The Labute approximate surface area is 170 Å². The maximum absolute atomic E-state index is 12.4. The van der Waals surface area contributed by atoms with E-state index >= 15 is 0 Å². The van der Waals surface area contributed by atoms with Crippen LogP contribution in [0.5, 0.6) is 0 Å². The van der Waals surface area contributed by atoms with Crippen LogP contribution < -0.4 is 10.2 Å². The summed E-state index contributed by atoms with van der Waals surface area (Å²) in [6, 6.07) is 13.7. The summed E-state index contributed by atoms with van der Waals surface area (Å²) in [7, 11) is 0. The molecule has 1 N–H and O–H groups in total. The number of rotatable bonds is 6. The molecule has 3 heterocycles. The number of nitrogens with zero attached hydrogens (tertiary/aromatic N) is 6. The first-order valence-electron chi connectivity index (χ1n) is 9.81. The number of hydrogen-bond donors (Lipinski definition) is 1. The molecule has 1 amide bonds. The minimum atomic E-state index is -0.0171. The fourth-order valence-corrected chi connectivity index (χ4v) is 3.44. The molecule has 1 aliphatic heterocycles. The second-order valence-electron chi connectivity index (χ2n) is 7.11. The van der Waals surface area contributed by atoms with E-state index in [1.807, 2.05) is 54.1 Å². The average molecular weight is 391 g/mol. The van der Waals surface area contributed by atoms with Crippen molar-refractivity contribution in [3.8, 4) is 5.69 Å². The molecule has 0 bridgehead atoms. The standard InChI is InChI=1S/C21H25N7O/c1-17-14-18(25-28(17)19-6-3-2-4-7-19)15-20(29)24-16-26-10-12-27(13-11-26)21-22-8-5-9-23-21/h2-9,14H,10-13,15-16H2,1H3,(H,24,29). The molecule has 8 heteroatoms. The molecule has 8 nitrogen and oxygen atoms in total. The van der Waals surface area contributed by atoms with Gasteiger partial charge in [0.1, 0.15) is 0 Å². The summed E-state index contributed by atoms with van der Waals surface area (Å²) in [5.41, 5.74) is 2.78. The third-order valence-corrected chi connectivity index (χ3v) is 4.99. The Morgan fingerprint density at radius 1 is 1.03 bits per heavy atom. The van der Waals surface area contributed by atoms with Crippen LogP contribution in [0.15, 0.2) is 54.9 Å². The molecule has 29 heavy (non-hydrogen) atoms. The molecule has 1 aromatic carbocycles. The normalized spacial score (nSPS) is 14.7. The molecular weight excluding hydrogens is 366 g/mol. The molecule has 1 saturated heterocycles. The fourth-order valence-electron chi connectivity index (χ4n) is 3.44. The molecule has 4 rings (SSSR count). The van der Waals surface area contributed by atoms with Gasteiger partial charge in [-0.25, -0.2) is 14.6 Å². The highest BCUT2D eigenvalue weighted by Crippen LogP contribution is 2.12. The van der Waals surface area contributed by atoms with Gasteiger partial charge in [-0.1, -0.05) is 18.2 Å². The van der Waals surface area contributed by atoms with Crippen molar-refractivity contribution < 1.29 is 4.79 Å². The van der Waals surface area contributed by atoms with Crippen LogP contribution in [-0.4, -0.2) is 63.4 Å². The third-order valence-electron chi connectivity index (χ3n) is 4.99. The molecule has 0 spiro atoms. The summed E-state index contributed by atoms with van der Waals surface area (Å²) in [6.45, 7) is 5.96. The fraction of sp³-hybridized carbons (Fsp3) is 0.333. The van der Waals surface area contributed by atoms with Gasteiger partial charge in [-0.3, -0.25) is 9.69 Å². The van der Waals surface area contributed by atoms with Gasteiger partial charge in [0.15, 0.2) is 0 Å². The summed E-state index contributed by atoms with van der Waals surface area (Å²) in [5, 5.41) is 7.59. The molecule has 0 radical (unpaired) electrons. The number of nitrogens with one attached hydrogen (secondary N) is 1. The molecule has 2 aromatic heterocycles. The quantitative estimate of drug-likeness (QED) is 0.685. The van der Waals surface area contributed by atoms with Crippen molar-refractivity contribution in [1.82, 2.24) is 30.0 Å². The maximum Gasteiger partial charge on any atom is 0.227 e. The largest absolute Gasteiger partial charge is 0.343 e. The van der Waals surface area contributed by atoms with E-state index in [4.69, 9.17) is 0 Å². The lowest BCUT2D eigenvalue weighted by Gasteiger charge is -2.34. The molecule has 0 unspecified atom stereocenters. The zero-order valence-corrected chi connectivity index (χ0v) is 16.5.